The van der Waals surface area contributed by atoms with Crippen molar-refractivity contribution in [2.24, 2.45) is 0 Å². The number of amides is 2. The molecule has 0 unspecified atom stereocenters. The van der Waals surface area contributed by atoms with Crippen LogP contribution < -0.4 is 15.5 Å². The Morgan fingerprint density at radius 2 is 2.12 bits per heavy atom. The third-order valence-corrected chi connectivity index (χ3v) is 5.18. The predicted molar refractivity (Wildman–Crippen MR) is 97.3 cm³/mol. The Morgan fingerprint density at radius 1 is 1.36 bits per heavy atom. The van der Waals surface area contributed by atoms with E-state index in [0.29, 0.717) is 6.54 Å². The molecular formula is C18H26N4O3. The van der Waals surface area contributed by atoms with Crippen LogP contribution in [0.15, 0.2) is 18.2 Å². The fraction of sp³-hybridized carbons (Fsp3) is 0.556. The molecule has 2 aliphatic rings. The average molecular weight is 346 g/mol. The highest BCUT2D eigenvalue weighted by Crippen LogP contribution is 2.30. The summed E-state index contributed by atoms with van der Waals surface area (Å²) in [4.78, 5) is 27.2. The predicted octanol–water partition coefficient (Wildman–Crippen LogP) is 1.74. The van der Waals surface area contributed by atoms with E-state index < -0.39 is 5.97 Å². The molecule has 1 heterocycles. The lowest BCUT2D eigenvalue weighted by Crippen LogP contribution is -2.55. The van der Waals surface area contributed by atoms with Gasteiger partial charge in [0.2, 0.25) is 0 Å². The molecule has 0 spiro atoms. The Balaban J connectivity index is 1.47. The van der Waals surface area contributed by atoms with Crippen LogP contribution in [0, 0.1) is 0 Å². The lowest BCUT2D eigenvalue weighted by Gasteiger charge is -2.42. The van der Waals surface area contributed by atoms with Gasteiger partial charge in [-0.2, -0.15) is 0 Å². The average Bonchev–Trinajstić information content (AvgIpc) is 2.89. The van der Waals surface area contributed by atoms with Crippen molar-refractivity contribution < 1.29 is 14.7 Å². The molecule has 0 radical (unpaired) electrons. The minimum Gasteiger partial charge on any atom is -0.480 e. The van der Waals surface area contributed by atoms with Crippen molar-refractivity contribution in [1.82, 2.24) is 10.2 Å². The summed E-state index contributed by atoms with van der Waals surface area (Å²) in [6, 6.07) is 6.15. The zero-order valence-corrected chi connectivity index (χ0v) is 14.8. The summed E-state index contributed by atoms with van der Waals surface area (Å²) in [7, 11) is 2.06. The molecule has 1 saturated carbocycles. The van der Waals surface area contributed by atoms with Crippen LogP contribution in [0.1, 0.15) is 25.3 Å². The largest absolute Gasteiger partial charge is 0.480 e. The fourth-order valence-corrected chi connectivity index (χ4v) is 3.65. The number of rotatable bonds is 6. The third kappa shape index (κ3) is 4.04. The molecule has 1 aliphatic heterocycles. The number of carbonyl (C=O) groups is 2. The quantitative estimate of drug-likeness (QED) is 0.731. The zero-order valence-electron chi connectivity index (χ0n) is 14.8. The number of likely N-dealkylation sites (N-methyl/N-ethyl adjacent to an activating group) is 2. The minimum atomic E-state index is -0.808. The molecule has 7 nitrogen and oxygen atoms in total. The van der Waals surface area contributed by atoms with Gasteiger partial charge in [0, 0.05) is 37.1 Å². The summed E-state index contributed by atoms with van der Waals surface area (Å²) in [5.74, 6) is -0.808. The first-order valence-corrected chi connectivity index (χ1v) is 8.83. The van der Waals surface area contributed by atoms with E-state index in [1.165, 1.54) is 11.3 Å². The molecule has 1 fully saturated rings. The fourth-order valence-electron chi connectivity index (χ4n) is 3.65. The Labute approximate surface area is 148 Å². The lowest BCUT2D eigenvalue weighted by molar-refractivity contribution is -0.139. The molecule has 7 heteroatoms. The maximum absolute atomic E-state index is 12.2. The summed E-state index contributed by atoms with van der Waals surface area (Å²) in [6.07, 6.45) is 2.63. The SMILES string of the molecule is CCN(CC(=O)O)C1CC(NC(=O)Nc2ccc3c(c2)N(C)CC3)C1. The van der Waals surface area contributed by atoms with Crippen LogP contribution in [0.5, 0.6) is 0 Å². The molecule has 0 aromatic heterocycles. The first kappa shape index (κ1) is 17.5. The normalized spacial score (nSPS) is 21.6. The van der Waals surface area contributed by atoms with Crippen molar-refractivity contribution in [1.29, 1.82) is 0 Å². The van der Waals surface area contributed by atoms with Crippen LogP contribution in [0.25, 0.3) is 0 Å². The van der Waals surface area contributed by atoms with Crippen LogP contribution in [-0.2, 0) is 11.2 Å². The Bertz CT molecular complexity index is 658. The molecule has 25 heavy (non-hydrogen) atoms. The highest BCUT2D eigenvalue weighted by molar-refractivity contribution is 5.90. The first-order chi connectivity index (χ1) is 12.0. The number of hydrogen-bond acceptors (Lipinski definition) is 4. The summed E-state index contributed by atoms with van der Waals surface area (Å²) in [5, 5.41) is 14.8. The number of aliphatic carboxylic acids is 1. The second kappa shape index (κ2) is 7.31. The van der Waals surface area contributed by atoms with Crippen LogP contribution >= 0.6 is 0 Å². The second-order valence-corrected chi connectivity index (χ2v) is 6.89. The summed E-state index contributed by atoms with van der Waals surface area (Å²) < 4.78 is 0. The van der Waals surface area contributed by atoms with E-state index in [4.69, 9.17) is 5.11 Å². The van der Waals surface area contributed by atoms with Crippen LogP contribution in [-0.4, -0.2) is 60.8 Å². The number of carboxylic acid groups (broad SMARTS) is 1. The van der Waals surface area contributed by atoms with Gasteiger partial charge in [-0.1, -0.05) is 13.0 Å². The van der Waals surface area contributed by atoms with Gasteiger partial charge in [-0.25, -0.2) is 4.79 Å². The van der Waals surface area contributed by atoms with E-state index in [-0.39, 0.29) is 24.7 Å². The van der Waals surface area contributed by atoms with Crippen LogP contribution in [0.4, 0.5) is 16.2 Å². The maximum Gasteiger partial charge on any atom is 0.319 e. The van der Waals surface area contributed by atoms with Gasteiger partial charge in [-0.3, -0.25) is 9.69 Å². The number of hydrogen-bond donors (Lipinski definition) is 3. The Kier molecular flexibility index (Phi) is 5.13. The zero-order chi connectivity index (χ0) is 18.0. The van der Waals surface area contributed by atoms with Crippen molar-refractivity contribution in [3.8, 4) is 0 Å². The topological polar surface area (TPSA) is 84.9 Å². The molecule has 0 saturated heterocycles. The van der Waals surface area contributed by atoms with E-state index in [0.717, 1.165) is 31.5 Å². The highest BCUT2D eigenvalue weighted by atomic mass is 16.4. The standard InChI is InChI=1S/C18H26N4O3/c1-3-22(11-17(23)24)15-8-14(9-15)20-18(25)19-13-5-4-12-6-7-21(2)16(12)10-13/h4-5,10,14-15H,3,6-9,11H2,1-2H3,(H,23,24)(H2,19,20,25). The Hall–Kier alpha value is -2.28. The number of benzene rings is 1. The van der Waals surface area contributed by atoms with E-state index in [9.17, 15) is 9.59 Å². The van der Waals surface area contributed by atoms with E-state index in [1.807, 2.05) is 24.0 Å². The summed E-state index contributed by atoms with van der Waals surface area (Å²) in [5.41, 5.74) is 3.28. The minimum absolute atomic E-state index is 0.0583. The Morgan fingerprint density at radius 3 is 2.80 bits per heavy atom. The van der Waals surface area contributed by atoms with Gasteiger partial charge in [0.1, 0.15) is 0 Å². The van der Waals surface area contributed by atoms with E-state index in [2.05, 4.69) is 28.6 Å². The molecular weight excluding hydrogens is 320 g/mol. The number of nitrogens with one attached hydrogen (secondary N) is 2. The molecule has 1 aliphatic carbocycles. The maximum atomic E-state index is 12.2. The van der Waals surface area contributed by atoms with E-state index in [1.54, 1.807) is 0 Å². The molecule has 2 amide bonds. The van der Waals surface area contributed by atoms with Gasteiger partial charge in [-0.15, -0.1) is 0 Å². The van der Waals surface area contributed by atoms with E-state index >= 15 is 0 Å². The van der Waals surface area contributed by atoms with Crippen molar-refractivity contribution in [3.63, 3.8) is 0 Å². The number of carboxylic acids is 1. The van der Waals surface area contributed by atoms with Crippen molar-refractivity contribution >= 4 is 23.4 Å². The molecule has 0 bridgehead atoms. The number of carbonyl (C=O) groups excluding carboxylic acids is 1. The van der Waals surface area contributed by atoms with Gasteiger partial charge in [0.15, 0.2) is 0 Å². The number of anilines is 2. The molecule has 1 aromatic carbocycles. The van der Waals surface area contributed by atoms with Crippen molar-refractivity contribution in [2.45, 2.75) is 38.3 Å². The molecule has 3 rings (SSSR count). The number of fused-ring (bicyclic) bond motifs is 1. The van der Waals surface area contributed by atoms with Gasteiger partial charge in [0.25, 0.3) is 0 Å². The molecule has 0 atom stereocenters. The summed E-state index contributed by atoms with van der Waals surface area (Å²) >= 11 is 0. The second-order valence-electron chi connectivity index (χ2n) is 6.89. The van der Waals surface area contributed by atoms with Gasteiger partial charge < -0.3 is 20.6 Å². The van der Waals surface area contributed by atoms with Crippen molar-refractivity contribution in [2.75, 3.05) is 36.9 Å². The number of urea groups is 1. The van der Waals surface area contributed by atoms with Crippen LogP contribution in [0.3, 0.4) is 0 Å². The molecule has 3 N–H and O–H groups in total. The van der Waals surface area contributed by atoms with Crippen LogP contribution in [0.2, 0.25) is 0 Å². The summed E-state index contributed by atoms with van der Waals surface area (Å²) in [6.45, 7) is 3.74. The smallest absolute Gasteiger partial charge is 0.319 e. The lowest BCUT2D eigenvalue weighted by atomic mass is 9.85. The van der Waals surface area contributed by atoms with Crippen molar-refractivity contribution in [3.05, 3.63) is 23.8 Å². The van der Waals surface area contributed by atoms with Gasteiger partial charge in [0.05, 0.1) is 6.54 Å². The molecule has 136 valence electrons. The van der Waals surface area contributed by atoms with Gasteiger partial charge in [-0.05, 0) is 43.5 Å². The third-order valence-electron chi connectivity index (χ3n) is 5.18. The number of nitrogens with zero attached hydrogens (tertiary/aromatic N) is 2. The monoisotopic (exact) mass is 346 g/mol. The van der Waals surface area contributed by atoms with Gasteiger partial charge >= 0.3 is 12.0 Å². The first-order valence-electron chi connectivity index (χ1n) is 8.83. The molecule has 1 aromatic rings. The highest BCUT2D eigenvalue weighted by Gasteiger charge is 2.34.